The molecule has 1 heterocycles. The maximum atomic E-state index is 13.5. The minimum Gasteiger partial charge on any atom is -0.351 e. The van der Waals surface area contributed by atoms with E-state index in [0.29, 0.717) is 15.0 Å². The van der Waals surface area contributed by atoms with Gasteiger partial charge in [0.1, 0.15) is 5.82 Å². The van der Waals surface area contributed by atoms with E-state index in [0.717, 1.165) is 12.8 Å². The van der Waals surface area contributed by atoms with E-state index in [2.05, 4.69) is 15.5 Å². The highest BCUT2D eigenvalue weighted by atomic mass is 32.2. The van der Waals surface area contributed by atoms with Crippen LogP contribution in [0.4, 0.5) is 9.52 Å². The Bertz CT molecular complexity index is 779. The molecular formula is C16H17FN4O2S2. The number of carbonyl (C=O) groups excluding carboxylic acids is 2. The molecule has 0 saturated heterocycles. The van der Waals surface area contributed by atoms with Gasteiger partial charge in [0.25, 0.3) is 0 Å². The van der Waals surface area contributed by atoms with E-state index in [1.54, 1.807) is 23.1 Å². The third-order valence-corrected chi connectivity index (χ3v) is 5.67. The van der Waals surface area contributed by atoms with Crippen molar-refractivity contribution in [1.29, 1.82) is 0 Å². The third kappa shape index (κ3) is 4.76. The lowest BCUT2D eigenvalue weighted by Crippen LogP contribution is -2.30. The maximum Gasteiger partial charge on any atom is 0.230 e. The summed E-state index contributed by atoms with van der Waals surface area (Å²) in [6, 6.07) is 6.55. The summed E-state index contributed by atoms with van der Waals surface area (Å²) < 4.78 is 14.1. The molecule has 1 fully saturated rings. The fourth-order valence-corrected chi connectivity index (χ4v) is 4.04. The second-order valence-electron chi connectivity index (χ2n) is 5.63. The zero-order chi connectivity index (χ0) is 17.8. The summed E-state index contributed by atoms with van der Waals surface area (Å²) in [6.07, 6.45) is 1.97. The lowest BCUT2D eigenvalue weighted by atomic mass is 10.2. The molecule has 0 radical (unpaired) electrons. The smallest absolute Gasteiger partial charge is 0.230 e. The fourth-order valence-electron chi connectivity index (χ4n) is 2.25. The Morgan fingerprint density at radius 3 is 2.80 bits per heavy atom. The van der Waals surface area contributed by atoms with Crippen LogP contribution in [0.3, 0.4) is 0 Å². The highest BCUT2D eigenvalue weighted by molar-refractivity contribution is 8.01. The van der Waals surface area contributed by atoms with Crippen molar-refractivity contribution in [3.8, 4) is 0 Å². The van der Waals surface area contributed by atoms with Gasteiger partial charge in [-0.2, -0.15) is 0 Å². The molecule has 6 nitrogen and oxygen atoms in total. The number of nitrogens with one attached hydrogen (secondary N) is 1. The highest BCUT2D eigenvalue weighted by Gasteiger charge is 2.34. The van der Waals surface area contributed by atoms with Gasteiger partial charge in [-0.25, -0.2) is 4.39 Å². The molecule has 2 aromatic rings. The first kappa shape index (κ1) is 17.8. The van der Waals surface area contributed by atoms with E-state index in [1.807, 2.05) is 0 Å². The van der Waals surface area contributed by atoms with Crippen molar-refractivity contribution in [2.45, 2.75) is 36.7 Å². The summed E-state index contributed by atoms with van der Waals surface area (Å²) in [4.78, 5) is 25.3. The Balaban J connectivity index is 1.49. The number of hydrogen-bond acceptors (Lipinski definition) is 6. The van der Waals surface area contributed by atoms with Gasteiger partial charge in [0.2, 0.25) is 16.9 Å². The summed E-state index contributed by atoms with van der Waals surface area (Å²) in [6.45, 7) is 1.66. The van der Waals surface area contributed by atoms with Gasteiger partial charge in [-0.05, 0) is 18.9 Å². The van der Waals surface area contributed by atoms with Crippen LogP contribution in [-0.4, -0.2) is 33.8 Å². The van der Waals surface area contributed by atoms with Crippen LogP contribution in [0.2, 0.25) is 0 Å². The molecule has 1 saturated carbocycles. The van der Waals surface area contributed by atoms with Crippen molar-refractivity contribution < 1.29 is 14.0 Å². The zero-order valence-corrected chi connectivity index (χ0v) is 15.2. The fraction of sp³-hybridized carbons (Fsp3) is 0.375. The summed E-state index contributed by atoms with van der Waals surface area (Å²) >= 11 is 2.55. The second kappa shape index (κ2) is 7.92. The largest absolute Gasteiger partial charge is 0.351 e. The van der Waals surface area contributed by atoms with Crippen LogP contribution in [0.1, 0.15) is 25.3 Å². The van der Waals surface area contributed by atoms with E-state index < -0.39 is 0 Å². The van der Waals surface area contributed by atoms with Crippen LogP contribution in [-0.2, 0) is 16.1 Å². The van der Waals surface area contributed by atoms with Crippen molar-refractivity contribution in [2.75, 3.05) is 10.7 Å². The van der Waals surface area contributed by atoms with Crippen molar-refractivity contribution >= 4 is 40.0 Å². The molecule has 0 spiro atoms. The van der Waals surface area contributed by atoms with Gasteiger partial charge in [0, 0.05) is 25.1 Å². The summed E-state index contributed by atoms with van der Waals surface area (Å²) in [7, 11) is 0. The monoisotopic (exact) mass is 380 g/mol. The van der Waals surface area contributed by atoms with Gasteiger partial charge in [-0.15, -0.1) is 10.2 Å². The number of thioether (sulfide) groups is 1. The third-order valence-electron chi connectivity index (χ3n) is 3.61. The number of halogens is 1. The predicted octanol–water partition coefficient (Wildman–Crippen LogP) is 2.60. The number of carbonyl (C=O) groups is 2. The first-order chi connectivity index (χ1) is 12.0. The molecule has 2 amide bonds. The molecule has 0 aliphatic heterocycles. The van der Waals surface area contributed by atoms with Crippen LogP contribution >= 0.6 is 23.1 Å². The van der Waals surface area contributed by atoms with Crippen molar-refractivity contribution in [3.05, 3.63) is 35.6 Å². The molecule has 132 valence electrons. The number of hydrogen-bond donors (Lipinski definition) is 1. The number of rotatable bonds is 7. The molecule has 9 heteroatoms. The molecule has 1 aromatic heterocycles. The predicted molar refractivity (Wildman–Crippen MR) is 95.1 cm³/mol. The quantitative estimate of drug-likeness (QED) is 0.590. The normalized spacial score (nSPS) is 13.5. The van der Waals surface area contributed by atoms with Crippen LogP contribution in [0.15, 0.2) is 28.6 Å². The molecule has 3 rings (SSSR count). The van der Waals surface area contributed by atoms with Crippen molar-refractivity contribution in [1.82, 2.24) is 15.5 Å². The lowest BCUT2D eigenvalue weighted by molar-refractivity contribution is -0.119. The second-order valence-corrected chi connectivity index (χ2v) is 7.81. The topological polar surface area (TPSA) is 75.2 Å². The SMILES string of the molecule is CC(=O)N(c1nnc(SCC(=O)NCc2ccccc2F)s1)C1CC1. The molecule has 1 aromatic carbocycles. The minimum absolute atomic E-state index is 0.0437. The van der Waals surface area contributed by atoms with Gasteiger partial charge in [0.05, 0.1) is 5.75 Å². The van der Waals surface area contributed by atoms with Crippen LogP contribution in [0, 0.1) is 5.82 Å². The number of amides is 2. The molecule has 25 heavy (non-hydrogen) atoms. The first-order valence-corrected chi connectivity index (χ1v) is 9.61. The number of nitrogens with zero attached hydrogens (tertiary/aromatic N) is 3. The van der Waals surface area contributed by atoms with Crippen LogP contribution < -0.4 is 10.2 Å². The molecule has 1 N–H and O–H groups in total. The molecule has 0 atom stereocenters. The molecule has 1 aliphatic carbocycles. The van der Waals surface area contributed by atoms with E-state index in [1.165, 1.54) is 36.1 Å². The molecular weight excluding hydrogens is 363 g/mol. The maximum absolute atomic E-state index is 13.5. The standard InChI is InChI=1S/C16H17FN4O2S2/c1-10(22)21(12-6-7-12)15-19-20-16(25-15)24-9-14(23)18-8-11-4-2-3-5-13(11)17/h2-5,12H,6-9H2,1H3,(H,18,23). The summed E-state index contributed by atoms with van der Waals surface area (Å²) in [5.74, 6) is -0.436. The average molecular weight is 380 g/mol. The zero-order valence-electron chi connectivity index (χ0n) is 13.6. The number of benzene rings is 1. The summed E-state index contributed by atoms with van der Waals surface area (Å²) in [5.41, 5.74) is 0.445. The van der Waals surface area contributed by atoms with Crippen LogP contribution in [0.5, 0.6) is 0 Å². The Morgan fingerprint density at radius 2 is 2.12 bits per heavy atom. The Hall–Kier alpha value is -2.00. The molecule has 1 aliphatic rings. The average Bonchev–Trinajstić information content (AvgIpc) is 3.30. The highest BCUT2D eigenvalue weighted by Crippen LogP contribution is 2.35. The minimum atomic E-state index is -0.339. The van der Waals surface area contributed by atoms with Gasteiger partial charge < -0.3 is 5.32 Å². The Morgan fingerprint density at radius 1 is 1.36 bits per heavy atom. The van der Waals surface area contributed by atoms with E-state index in [9.17, 15) is 14.0 Å². The first-order valence-electron chi connectivity index (χ1n) is 7.81. The lowest BCUT2D eigenvalue weighted by Gasteiger charge is -2.15. The Kier molecular flexibility index (Phi) is 5.64. The molecule has 0 unspecified atom stereocenters. The van der Waals surface area contributed by atoms with E-state index in [4.69, 9.17) is 0 Å². The van der Waals surface area contributed by atoms with Gasteiger partial charge in [-0.1, -0.05) is 41.3 Å². The van der Waals surface area contributed by atoms with Crippen molar-refractivity contribution in [2.24, 2.45) is 0 Å². The van der Waals surface area contributed by atoms with E-state index >= 15 is 0 Å². The number of aromatic nitrogens is 2. The van der Waals surface area contributed by atoms with Gasteiger partial charge >= 0.3 is 0 Å². The van der Waals surface area contributed by atoms with Gasteiger partial charge in [0.15, 0.2) is 4.34 Å². The Labute approximate surface area is 152 Å². The van der Waals surface area contributed by atoms with E-state index in [-0.39, 0.29) is 36.0 Å². The summed E-state index contributed by atoms with van der Waals surface area (Å²) in [5, 5.41) is 11.3. The van der Waals surface area contributed by atoms with Crippen LogP contribution in [0.25, 0.3) is 0 Å². The van der Waals surface area contributed by atoms with Crippen molar-refractivity contribution in [3.63, 3.8) is 0 Å². The number of anilines is 1. The van der Waals surface area contributed by atoms with Gasteiger partial charge in [-0.3, -0.25) is 14.5 Å². The molecule has 0 bridgehead atoms.